The molecule has 2 heteroatoms. The molecule has 0 aromatic rings. The van der Waals surface area contributed by atoms with E-state index < -0.39 is 8.32 Å². The molecule has 0 radical (unpaired) electrons. The largest absolute Gasteiger partial charge is 0.412 e. The van der Waals surface area contributed by atoms with Gasteiger partial charge in [-0.2, -0.15) is 0 Å². The molecule has 144 valence electrons. The fourth-order valence-electron chi connectivity index (χ4n) is 2.20. The summed E-state index contributed by atoms with van der Waals surface area (Å²) in [7, 11) is -1.77. The highest BCUT2D eigenvalue weighted by atomic mass is 28.4. The fraction of sp³-hybridized carbons (Fsp3) is 0.826. The summed E-state index contributed by atoms with van der Waals surface area (Å²) in [4.78, 5) is 0. The maximum absolute atomic E-state index is 6.59. The quantitative estimate of drug-likeness (QED) is 0.225. The van der Waals surface area contributed by atoms with Gasteiger partial charge in [0.15, 0.2) is 8.32 Å². The van der Waals surface area contributed by atoms with E-state index in [9.17, 15) is 0 Å². The molecule has 0 heterocycles. The lowest BCUT2D eigenvalue weighted by Gasteiger charge is -2.38. The third-order valence-corrected chi connectivity index (χ3v) is 9.52. The number of unbranched alkanes of at least 4 members (excludes halogenated alkanes) is 6. The highest BCUT2D eigenvalue weighted by Crippen LogP contribution is 2.37. The van der Waals surface area contributed by atoms with Crippen LogP contribution < -0.4 is 0 Å². The van der Waals surface area contributed by atoms with Gasteiger partial charge in [0.05, 0.1) is 6.10 Å². The lowest BCUT2D eigenvalue weighted by Crippen LogP contribution is -2.43. The first-order valence-corrected chi connectivity index (χ1v) is 13.2. The first kappa shape index (κ1) is 24.3. The van der Waals surface area contributed by atoms with E-state index >= 15 is 0 Å². The van der Waals surface area contributed by atoms with E-state index in [0.29, 0.717) is 0 Å². The van der Waals surface area contributed by atoms with Crippen LogP contribution in [0.3, 0.4) is 0 Å². The lowest BCUT2D eigenvalue weighted by molar-refractivity contribution is 0.190. The van der Waals surface area contributed by atoms with Gasteiger partial charge in [-0.25, -0.2) is 0 Å². The van der Waals surface area contributed by atoms with Crippen molar-refractivity contribution in [3.05, 3.63) is 0 Å². The summed E-state index contributed by atoms with van der Waals surface area (Å²) in [6.07, 6.45) is 11.4. The minimum Gasteiger partial charge on any atom is -0.412 e. The normalized spacial score (nSPS) is 12.8. The van der Waals surface area contributed by atoms with Gasteiger partial charge in [0, 0.05) is 25.7 Å². The number of rotatable bonds is 10. The third-order valence-electron chi connectivity index (χ3n) is 4.99. The second-order valence-corrected chi connectivity index (χ2v) is 13.3. The Hall–Kier alpha value is -0.703. The first-order chi connectivity index (χ1) is 11.7. The summed E-state index contributed by atoms with van der Waals surface area (Å²) in [5.41, 5.74) is 0. The van der Waals surface area contributed by atoms with Gasteiger partial charge in [-0.15, -0.1) is 23.7 Å². The minimum absolute atomic E-state index is 0.165. The van der Waals surface area contributed by atoms with Crippen LogP contribution in [0.1, 0.15) is 98.8 Å². The molecule has 0 saturated carbocycles. The van der Waals surface area contributed by atoms with Gasteiger partial charge in [0.2, 0.25) is 0 Å². The number of hydrogen-bond donors (Lipinski definition) is 0. The lowest BCUT2D eigenvalue weighted by atomic mass is 10.1. The zero-order valence-corrected chi connectivity index (χ0v) is 19.1. The highest BCUT2D eigenvalue weighted by Gasteiger charge is 2.38. The van der Waals surface area contributed by atoms with E-state index in [1.54, 1.807) is 0 Å². The van der Waals surface area contributed by atoms with Crippen molar-refractivity contribution in [2.75, 3.05) is 0 Å². The van der Waals surface area contributed by atoms with Gasteiger partial charge in [-0.3, -0.25) is 0 Å². The summed E-state index contributed by atoms with van der Waals surface area (Å²) in [5.74, 6) is 13.4. The highest BCUT2D eigenvalue weighted by molar-refractivity contribution is 6.74. The molecule has 0 bridgehead atoms. The average molecular weight is 363 g/mol. The van der Waals surface area contributed by atoms with E-state index in [1.807, 2.05) is 0 Å². The van der Waals surface area contributed by atoms with Crippen LogP contribution in [0.4, 0.5) is 0 Å². The smallest absolute Gasteiger partial charge is 0.192 e. The van der Waals surface area contributed by atoms with E-state index in [4.69, 9.17) is 4.43 Å². The minimum atomic E-state index is -1.77. The maximum atomic E-state index is 6.59. The molecule has 0 rings (SSSR count). The van der Waals surface area contributed by atoms with Crippen LogP contribution in [0.15, 0.2) is 0 Å². The van der Waals surface area contributed by atoms with E-state index in [2.05, 4.69) is 71.4 Å². The molecule has 0 aromatic carbocycles. The van der Waals surface area contributed by atoms with Gasteiger partial charge >= 0.3 is 0 Å². The summed E-state index contributed by atoms with van der Waals surface area (Å²) in [6.45, 7) is 16.0. The van der Waals surface area contributed by atoms with Crippen molar-refractivity contribution in [3.8, 4) is 23.7 Å². The van der Waals surface area contributed by atoms with Crippen molar-refractivity contribution in [1.82, 2.24) is 0 Å². The van der Waals surface area contributed by atoms with Crippen molar-refractivity contribution in [2.24, 2.45) is 0 Å². The van der Waals surface area contributed by atoms with E-state index in [1.165, 1.54) is 38.5 Å². The molecule has 0 aliphatic rings. The van der Waals surface area contributed by atoms with Crippen LogP contribution in [0, 0.1) is 23.7 Å². The van der Waals surface area contributed by atoms with Gasteiger partial charge in [-0.05, 0) is 31.0 Å². The van der Waals surface area contributed by atoms with Crippen molar-refractivity contribution < 1.29 is 4.43 Å². The second kappa shape index (κ2) is 13.5. The zero-order valence-electron chi connectivity index (χ0n) is 18.1. The Balaban J connectivity index is 4.62. The molecular weight excluding hydrogens is 320 g/mol. The monoisotopic (exact) mass is 362 g/mol. The van der Waals surface area contributed by atoms with Crippen LogP contribution in [0.2, 0.25) is 18.1 Å². The molecule has 1 nitrogen and oxygen atoms in total. The van der Waals surface area contributed by atoms with Crippen molar-refractivity contribution in [3.63, 3.8) is 0 Å². The van der Waals surface area contributed by atoms with Crippen molar-refractivity contribution in [2.45, 2.75) is 123 Å². The first-order valence-electron chi connectivity index (χ1n) is 10.3. The average Bonchev–Trinajstić information content (AvgIpc) is 2.52. The summed E-state index contributed by atoms with van der Waals surface area (Å²) in [5, 5.41) is 0.231. The van der Waals surface area contributed by atoms with Crippen LogP contribution in [0.25, 0.3) is 0 Å². The van der Waals surface area contributed by atoms with Gasteiger partial charge in [-0.1, -0.05) is 60.3 Å². The molecule has 0 aromatic heterocycles. The fourth-order valence-corrected chi connectivity index (χ4v) is 3.56. The molecule has 25 heavy (non-hydrogen) atoms. The Bertz CT molecular complexity index is 450. The molecule has 0 fully saturated rings. The van der Waals surface area contributed by atoms with Gasteiger partial charge in [0.25, 0.3) is 0 Å². The topological polar surface area (TPSA) is 9.23 Å². The van der Waals surface area contributed by atoms with Crippen LogP contribution in [-0.2, 0) is 4.43 Å². The molecule has 0 N–H and O–H groups in total. The Morgan fingerprint density at radius 3 is 1.76 bits per heavy atom. The Morgan fingerprint density at radius 2 is 1.28 bits per heavy atom. The van der Waals surface area contributed by atoms with Gasteiger partial charge in [0.1, 0.15) is 0 Å². The second-order valence-electron chi connectivity index (χ2n) is 8.53. The van der Waals surface area contributed by atoms with Crippen LogP contribution in [-0.4, -0.2) is 14.4 Å². The Morgan fingerprint density at radius 1 is 0.760 bits per heavy atom. The molecule has 0 aliphatic carbocycles. The predicted octanol–water partition coefficient (Wildman–Crippen LogP) is 7.32. The van der Waals surface area contributed by atoms with E-state index in [-0.39, 0.29) is 11.1 Å². The molecule has 1 atom stereocenters. The summed E-state index contributed by atoms with van der Waals surface area (Å²) < 4.78 is 6.59. The third kappa shape index (κ3) is 12.3. The SMILES string of the molecule is CCCCC#CCC(CC#CCCCCCC)O[Si](C)(C)C(C)(C)C. The molecular formula is C23H42OSi. The standard InChI is InChI=1S/C23H42OSi/c1-8-10-12-14-15-17-19-21-22(20-18-16-13-11-9-2)24-25(6,7)23(3,4)5/h22H,8-15,20-21H2,1-7H3. The van der Waals surface area contributed by atoms with E-state index in [0.717, 1.165) is 25.7 Å². The molecule has 0 spiro atoms. The predicted molar refractivity (Wildman–Crippen MR) is 115 cm³/mol. The summed E-state index contributed by atoms with van der Waals surface area (Å²) in [6, 6.07) is 0. The van der Waals surface area contributed by atoms with Crippen LogP contribution >= 0.6 is 0 Å². The summed E-state index contributed by atoms with van der Waals surface area (Å²) >= 11 is 0. The van der Waals surface area contributed by atoms with Gasteiger partial charge < -0.3 is 4.43 Å². The van der Waals surface area contributed by atoms with Crippen LogP contribution in [0.5, 0.6) is 0 Å². The zero-order chi connectivity index (χ0) is 19.2. The Labute approximate surface area is 159 Å². The Kier molecular flexibility index (Phi) is 13.1. The maximum Gasteiger partial charge on any atom is 0.192 e. The van der Waals surface area contributed by atoms with Crippen molar-refractivity contribution in [1.29, 1.82) is 0 Å². The molecule has 0 amide bonds. The number of hydrogen-bond acceptors (Lipinski definition) is 1. The van der Waals surface area contributed by atoms with Crippen molar-refractivity contribution >= 4 is 8.32 Å². The molecule has 1 unspecified atom stereocenters. The molecule has 0 aliphatic heterocycles. The molecule has 0 saturated heterocycles.